The average molecular weight is 217 g/mol. The number of ether oxygens (including phenoxy) is 1. The van der Waals surface area contributed by atoms with Crippen molar-refractivity contribution >= 4 is 15.9 Å². The van der Waals surface area contributed by atoms with Gasteiger partial charge in [-0.3, -0.25) is 0 Å². The zero-order chi connectivity index (χ0) is 8.27. The maximum atomic E-state index is 12.8. The van der Waals surface area contributed by atoms with E-state index in [4.69, 9.17) is 4.74 Å². The minimum atomic E-state index is -0.395. The molecule has 1 aromatic carbocycles. The Hall–Kier alpha value is -0.830. The predicted molar refractivity (Wildman–Crippen MR) is 44.9 cm³/mol. The van der Waals surface area contributed by atoms with Crippen molar-refractivity contribution in [1.82, 2.24) is 0 Å². The first-order chi connectivity index (χ1) is 5.24. The molecule has 0 fully saturated rings. The van der Waals surface area contributed by atoms with Crippen molar-refractivity contribution in [2.24, 2.45) is 0 Å². The topological polar surface area (TPSA) is 9.23 Å². The molecule has 0 amide bonds. The van der Waals surface area contributed by atoms with E-state index in [1.54, 1.807) is 6.07 Å². The lowest BCUT2D eigenvalue weighted by Crippen LogP contribution is -1.85. The van der Waals surface area contributed by atoms with Gasteiger partial charge in [0.2, 0.25) is 0 Å². The highest BCUT2D eigenvalue weighted by Gasteiger charge is 2.00. The standard InChI is InChI=1S/C8H6BrFO/c1-2-11-8-5-6(9)3-4-7(8)10/h2-5H,1H2. The highest BCUT2D eigenvalue weighted by Crippen LogP contribution is 2.21. The van der Waals surface area contributed by atoms with Crippen LogP contribution in [-0.2, 0) is 0 Å². The molecule has 0 unspecified atom stereocenters. The molecule has 0 saturated heterocycles. The van der Waals surface area contributed by atoms with Crippen LogP contribution in [-0.4, -0.2) is 0 Å². The van der Waals surface area contributed by atoms with Crippen molar-refractivity contribution in [3.8, 4) is 5.75 Å². The predicted octanol–water partition coefficient (Wildman–Crippen LogP) is 3.11. The highest BCUT2D eigenvalue weighted by molar-refractivity contribution is 9.10. The summed E-state index contributed by atoms with van der Waals surface area (Å²) in [5.41, 5.74) is 0. The summed E-state index contributed by atoms with van der Waals surface area (Å²) in [6.45, 7) is 3.32. The van der Waals surface area contributed by atoms with E-state index in [0.717, 1.165) is 4.47 Å². The van der Waals surface area contributed by atoms with Gasteiger partial charge < -0.3 is 4.74 Å². The molecule has 0 aliphatic rings. The molecule has 0 aromatic heterocycles. The second-order valence-corrected chi connectivity index (χ2v) is 2.77. The van der Waals surface area contributed by atoms with Crippen LogP contribution < -0.4 is 4.74 Å². The maximum absolute atomic E-state index is 12.8. The lowest BCUT2D eigenvalue weighted by atomic mass is 10.3. The van der Waals surface area contributed by atoms with Crippen LogP contribution in [0.15, 0.2) is 35.5 Å². The molecule has 0 heterocycles. The summed E-state index contributed by atoms with van der Waals surface area (Å²) in [7, 11) is 0. The first-order valence-corrected chi connectivity index (χ1v) is 3.76. The molecular weight excluding hydrogens is 211 g/mol. The van der Waals surface area contributed by atoms with Crippen molar-refractivity contribution in [2.45, 2.75) is 0 Å². The zero-order valence-corrected chi connectivity index (χ0v) is 7.27. The minimum Gasteiger partial charge on any atom is -0.462 e. The third kappa shape index (κ3) is 2.05. The number of hydrogen-bond acceptors (Lipinski definition) is 1. The van der Waals surface area contributed by atoms with Gasteiger partial charge in [-0.25, -0.2) is 4.39 Å². The summed E-state index contributed by atoms with van der Waals surface area (Å²) in [4.78, 5) is 0. The van der Waals surface area contributed by atoms with Gasteiger partial charge in [-0.15, -0.1) is 0 Å². The Morgan fingerprint density at radius 1 is 1.55 bits per heavy atom. The fourth-order valence-electron chi connectivity index (χ4n) is 0.657. The van der Waals surface area contributed by atoms with E-state index in [9.17, 15) is 4.39 Å². The third-order valence-electron chi connectivity index (χ3n) is 1.10. The first kappa shape index (κ1) is 8.27. The van der Waals surface area contributed by atoms with Crippen molar-refractivity contribution in [3.05, 3.63) is 41.3 Å². The molecule has 1 aromatic rings. The summed E-state index contributed by atoms with van der Waals surface area (Å²) in [5, 5.41) is 0. The molecule has 0 spiro atoms. The van der Waals surface area contributed by atoms with Gasteiger partial charge in [-0.05, 0) is 18.2 Å². The van der Waals surface area contributed by atoms with Crippen molar-refractivity contribution in [2.75, 3.05) is 0 Å². The second-order valence-electron chi connectivity index (χ2n) is 1.86. The molecule has 0 atom stereocenters. The van der Waals surface area contributed by atoms with Gasteiger partial charge in [0.25, 0.3) is 0 Å². The summed E-state index contributed by atoms with van der Waals surface area (Å²) in [6, 6.07) is 4.46. The van der Waals surface area contributed by atoms with Gasteiger partial charge in [0.05, 0.1) is 6.26 Å². The third-order valence-corrected chi connectivity index (χ3v) is 1.60. The number of hydrogen-bond donors (Lipinski definition) is 0. The summed E-state index contributed by atoms with van der Waals surface area (Å²) >= 11 is 3.19. The van der Waals surface area contributed by atoms with Crippen LogP contribution in [0.4, 0.5) is 4.39 Å². The Morgan fingerprint density at radius 3 is 2.91 bits per heavy atom. The van der Waals surface area contributed by atoms with Crippen LogP contribution in [0.2, 0.25) is 0 Å². The Morgan fingerprint density at radius 2 is 2.27 bits per heavy atom. The minimum absolute atomic E-state index is 0.175. The van der Waals surface area contributed by atoms with Crippen molar-refractivity contribution in [3.63, 3.8) is 0 Å². The summed E-state index contributed by atoms with van der Waals surface area (Å²) in [6.07, 6.45) is 1.19. The Bertz CT molecular complexity index is 273. The van der Waals surface area contributed by atoms with Gasteiger partial charge in [0.1, 0.15) is 0 Å². The molecule has 0 aliphatic heterocycles. The van der Waals surface area contributed by atoms with Crippen LogP contribution in [0.25, 0.3) is 0 Å². The fourth-order valence-corrected chi connectivity index (χ4v) is 0.997. The normalized spacial score (nSPS) is 9.27. The summed E-state index contributed by atoms with van der Waals surface area (Å²) in [5.74, 6) is -0.220. The average Bonchev–Trinajstić information content (AvgIpc) is 1.98. The Kier molecular flexibility index (Phi) is 2.65. The SMILES string of the molecule is C=COc1cc(Br)ccc1F. The zero-order valence-electron chi connectivity index (χ0n) is 5.68. The van der Waals surface area contributed by atoms with Crippen LogP contribution >= 0.6 is 15.9 Å². The molecule has 0 saturated carbocycles. The van der Waals surface area contributed by atoms with Crippen molar-refractivity contribution in [1.29, 1.82) is 0 Å². The number of rotatable bonds is 2. The van der Waals surface area contributed by atoms with Crippen LogP contribution in [0.1, 0.15) is 0 Å². The molecule has 0 aliphatic carbocycles. The molecule has 0 bridgehead atoms. The highest BCUT2D eigenvalue weighted by atomic mass is 79.9. The molecular formula is C8H6BrFO. The monoisotopic (exact) mass is 216 g/mol. The fraction of sp³-hybridized carbons (Fsp3) is 0. The molecule has 0 radical (unpaired) electrons. The van der Waals surface area contributed by atoms with Gasteiger partial charge >= 0.3 is 0 Å². The largest absolute Gasteiger partial charge is 0.462 e. The Balaban J connectivity index is 3.01. The smallest absolute Gasteiger partial charge is 0.165 e. The van der Waals surface area contributed by atoms with E-state index in [2.05, 4.69) is 22.5 Å². The van der Waals surface area contributed by atoms with Gasteiger partial charge in [-0.2, -0.15) is 0 Å². The molecule has 11 heavy (non-hydrogen) atoms. The Labute approximate surface area is 72.6 Å². The maximum Gasteiger partial charge on any atom is 0.165 e. The summed E-state index contributed by atoms with van der Waals surface area (Å²) < 4.78 is 18.3. The van der Waals surface area contributed by atoms with E-state index in [0.29, 0.717) is 0 Å². The van der Waals surface area contributed by atoms with Gasteiger partial charge in [-0.1, -0.05) is 22.5 Å². The quantitative estimate of drug-likeness (QED) is 0.691. The van der Waals surface area contributed by atoms with E-state index in [1.807, 2.05) is 0 Å². The molecule has 0 N–H and O–H groups in total. The lowest BCUT2D eigenvalue weighted by Gasteiger charge is -2.00. The molecule has 1 rings (SSSR count). The van der Waals surface area contributed by atoms with Crippen LogP contribution in [0, 0.1) is 5.82 Å². The lowest BCUT2D eigenvalue weighted by molar-refractivity contribution is 0.442. The molecule has 3 heteroatoms. The van der Waals surface area contributed by atoms with E-state index < -0.39 is 5.82 Å². The number of halogens is 2. The first-order valence-electron chi connectivity index (χ1n) is 2.96. The van der Waals surface area contributed by atoms with Crippen molar-refractivity contribution < 1.29 is 9.13 Å². The van der Waals surface area contributed by atoms with Gasteiger partial charge in [0.15, 0.2) is 11.6 Å². The van der Waals surface area contributed by atoms with E-state index in [1.165, 1.54) is 18.4 Å². The molecule has 58 valence electrons. The second kappa shape index (κ2) is 3.53. The molecule has 1 nitrogen and oxygen atoms in total. The van der Waals surface area contributed by atoms with Crippen LogP contribution in [0.3, 0.4) is 0 Å². The van der Waals surface area contributed by atoms with Gasteiger partial charge in [0, 0.05) is 4.47 Å². The van der Waals surface area contributed by atoms with E-state index >= 15 is 0 Å². The van der Waals surface area contributed by atoms with E-state index in [-0.39, 0.29) is 5.75 Å². The number of benzene rings is 1. The van der Waals surface area contributed by atoms with Crippen LogP contribution in [0.5, 0.6) is 5.75 Å².